The number of hydrogen-bond acceptors (Lipinski definition) is 4. The van der Waals surface area contributed by atoms with Crippen molar-refractivity contribution < 1.29 is 23.9 Å². The molecule has 2 amide bonds. The van der Waals surface area contributed by atoms with Gasteiger partial charge in [-0.05, 0) is 29.8 Å². The molecule has 0 bridgehead atoms. The number of carboxylic acid groups (broad SMARTS) is 1. The van der Waals surface area contributed by atoms with Crippen LogP contribution in [-0.4, -0.2) is 28.9 Å². The fourth-order valence-corrected chi connectivity index (χ4v) is 2.73. The van der Waals surface area contributed by atoms with E-state index < -0.39 is 29.6 Å². The minimum atomic E-state index is -0.933. The second kappa shape index (κ2) is 6.72. The molecule has 1 aliphatic heterocycles. The van der Waals surface area contributed by atoms with Crippen LogP contribution in [0, 0.1) is 5.82 Å². The Bertz CT molecular complexity index is 835. The molecule has 3 rings (SSSR count). The lowest BCUT2D eigenvalue weighted by Gasteiger charge is -2.16. The molecule has 0 aliphatic carbocycles. The van der Waals surface area contributed by atoms with Crippen molar-refractivity contribution in [2.45, 2.75) is 18.9 Å². The van der Waals surface area contributed by atoms with Gasteiger partial charge in [-0.3, -0.25) is 14.4 Å². The molecule has 0 saturated carbocycles. The van der Waals surface area contributed by atoms with E-state index in [1.54, 1.807) is 30.3 Å². The molecule has 2 aromatic carbocycles. The lowest BCUT2D eigenvalue weighted by atomic mass is 10.1. The highest BCUT2D eigenvalue weighted by atomic mass is 19.1. The van der Waals surface area contributed by atoms with Gasteiger partial charge in [0.05, 0.1) is 18.5 Å². The molecule has 6 nitrogen and oxygen atoms in total. The normalized spacial score (nSPS) is 17.0. The highest BCUT2D eigenvalue weighted by molar-refractivity contribution is 6.23. The first-order chi connectivity index (χ1) is 12.0. The zero-order chi connectivity index (χ0) is 18.0. The summed E-state index contributed by atoms with van der Waals surface area (Å²) in [6.45, 7) is 0. The Balaban J connectivity index is 1.74. The fourth-order valence-electron chi connectivity index (χ4n) is 2.73. The number of nitrogens with zero attached hydrogens (tertiary/aromatic N) is 1. The lowest BCUT2D eigenvalue weighted by molar-refractivity contribution is -0.136. The van der Waals surface area contributed by atoms with E-state index in [1.165, 1.54) is 18.2 Å². The highest BCUT2D eigenvalue weighted by Crippen LogP contribution is 2.27. The second-order valence-electron chi connectivity index (χ2n) is 5.69. The largest absolute Gasteiger partial charge is 0.481 e. The number of benzene rings is 2. The standard InChI is InChI=1S/C18H15FN2O4/c19-13-3-1-2-4-15(13)21-16(22)10-14(18(21)25)20-12-7-5-11(6-8-12)9-17(23)24/h1-8,14,20H,9-10H2,(H,23,24)/t14-/m0/s1. The molecule has 2 aromatic rings. The molecule has 0 unspecified atom stereocenters. The van der Waals surface area contributed by atoms with Gasteiger partial charge in [0.15, 0.2) is 0 Å². The summed E-state index contributed by atoms with van der Waals surface area (Å²) in [6, 6.07) is 11.4. The first-order valence-corrected chi connectivity index (χ1v) is 7.64. The minimum Gasteiger partial charge on any atom is -0.481 e. The van der Waals surface area contributed by atoms with Gasteiger partial charge in [0.1, 0.15) is 11.9 Å². The van der Waals surface area contributed by atoms with Crippen molar-refractivity contribution >= 4 is 29.2 Å². The number of halogens is 1. The Morgan fingerprint density at radius 3 is 2.48 bits per heavy atom. The van der Waals surface area contributed by atoms with Gasteiger partial charge in [-0.2, -0.15) is 0 Å². The maximum absolute atomic E-state index is 13.9. The zero-order valence-corrected chi connectivity index (χ0v) is 13.1. The van der Waals surface area contributed by atoms with Gasteiger partial charge in [0.25, 0.3) is 5.91 Å². The van der Waals surface area contributed by atoms with Gasteiger partial charge in [-0.15, -0.1) is 0 Å². The number of para-hydroxylation sites is 1. The van der Waals surface area contributed by atoms with E-state index in [2.05, 4.69) is 5.32 Å². The molecule has 0 aromatic heterocycles. The Labute approximate surface area is 142 Å². The van der Waals surface area contributed by atoms with Crippen LogP contribution in [0.5, 0.6) is 0 Å². The summed E-state index contributed by atoms with van der Waals surface area (Å²) in [5, 5.41) is 11.7. The van der Waals surface area contributed by atoms with Crippen LogP contribution in [0.2, 0.25) is 0 Å². The van der Waals surface area contributed by atoms with E-state index >= 15 is 0 Å². The third-order valence-corrected chi connectivity index (χ3v) is 3.89. The van der Waals surface area contributed by atoms with E-state index in [0.29, 0.717) is 11.3 Å². The molecule has 1 saturated heterocycles. The van der Waals surface area contributed by atoms with E-state index in [9.17, 15) is 18.8 Å². The van der Waals surface area contributed by atoms with Crippen LogP contribution >= 0.6 is 0 Å². The van der Waals surface area contributed by atoms with Crippen LogP contribution in [-0.2, 0) is 20.8 Å². The van der Waals surface area contributed by atoms with E-state index in [1.807, 2.05) is 0 Å². The first kappa shape index (κ1) is 16.6. The molecule has 0 radical (unpaired) electrons. The lowest BCUT2D eigenvalue weighted by Crippen LogP contribution is -2.35. The molecule has 0 spiro atoms. The Hall–Kier alpha value is -3.22. The molecule has 128 valence electrons. The molecular weight excluding hydrogens is 327 g/mol. The molecule has 1 atom stereocenters. The number of carbonyl (C=O) groups is 3. The van der Waals surface area contributed by atoms with Crippen LogP contribution in [0.25, 0.3) is 0 Å². The molecule has 2 N–H and O–H groups in total. The Morgan fingerprint density at radius 2 is 1.84 bits per heavy atom. The summed E-state index contributed by atoms with van der Waals surface area (Å²) < 4.78 is 13.9. The molecule has 25 heavy (non-hydrogen) atoms. The molecular formula is C18H15FN2O4. The topological polar surface area (TPSA) is 86.7 Å². The Morgan fingerprint density at radius 1 is 1.16 bits per heavy atom. The summed E-state index contributed by atoms with van der Waals surface area (Å²) in [4.78, 5) is 36.2. The summed E-state index contributed by atoms with van der Waals surface area (Å²) in [7, 11) is 0. The van der Waals surface area contributed by atoms with E-state index in [-0.39, 0.29) is 18.5 Å². The zero-order valence-electron chi connectivity index (χ0n) is 13.1. The van der Waals surface area contributed by atoms with Crippen molar-refractivity contribution in [3.05, 3.63) is 59.9 Å². The number of anilines is 2. The first-order valence-electron chi connectivity index (χ1n) is 7.64. The van der Waals surface area contributed by atoms with Gasteiger partial charge in [-0.1, -0.05) is 24.3 Å². The number of imide groups is 1. The third-order valence-electron chi connectivity index (χ3n) is 3.89. The van der Waals surface area contributed by atoms with Crippen LogP contribution in [0.15, 0.2) is 48.5 Å². The number of nitrogens with one attached hydrogen (secondary N) is 1. The average Bonchev–Trinajstić information content (AvgIpc) is 2.83. The maximum atomic E-state index is 13.9. The molecule has 1 heterocycles. The van der Waals surface area contributed by atoms with Crippen LogP contribution in [0.3, 0.4) is 0 Å². The van der Waals surface area contributed by atoms with Gasteiger partial charge >= 0.3 is 5.97 Å². The van der Waals surface area contributed by atoms with Crippen molar-refractivity contribution in [2.24, 2.45) is 0 Å². The van der Waals surface area contributed by atoms with Crippen molar-refractivity contribution in [1.29, 1.82) is 0 Å². The van der Waals surface area contributed by atoms with Crippen molar-refractivity contribution in [2.75, 3.05) is 10.2 Å². The van der Waals surface area contributed by atoms with Crippen LogP contribution < -0.4 is 10.2 Å². The second-order valence-corrected chi connectivity index (χ2v) is 5.69. The summed E-state index contributed by atoms with van der Waals surface area (Å²) in [6.07, 6.45) is -0.174. The van der Waals surface area contributed by atoms with Gasteiger partial charge < -0.3 is 10.4 Å². The maximum Gasteiger partial charge on any atom is 0.307 e. The SMILES string of the molecule is O=C(O)Cc1ccc(N[C@H]2CC(=O)N(c3ccccc3F)C2=O)cc1. The summed E-state index contributed by atoms with van der Waals surface area (Å²) >= 11 is 0. The van der Waals surface area contributed by atoms with Gasteiger partial charge in [-0.25, -0.2) is 9.29 Å². The van der Waals surface area contributed by atoms with Crippen molar-refractivity contribution in [3.8, 4) is 0 Å². The molecule has 1 fully saturated rings. The Kier molecular flexibility index (Phi) is 4.47. The number of hydrogen-bond donors (Lipinski definition) is 2. The quantitative estimate of drug-likeness (QED) is 0.814. The number of carboxylic acids is 1. The number of aliphatic carboxylic acids is 1. The van der Waals surface area contributed by atoms with E-state index in [4.69, 9.17) is 5.11 Å². The molecule has 1 aliphatic rings. The van der Waals surface area contributed by atoms with Crippen molar-refractivity contribution in [3.63, 3.8) is 0 Å². The number of rotatable bonds is 5. The predicted molar refractivity (Wildman–Crippen MR) is 88.7 cm³/mol. The predicted octanol–water partition coefficient (Wildman–Crippen LogP) is 2.20. The fraction of sp³-hybridized carbons (Fsp3) is 0.167. The number of amides is 2. The van der Waals surface area contributed by atoms with Gasteiger partial charge in [0, 0.05) is 5.69 Å². The third kappa shape index (κ3) is 3.50. The highest BCUT2D eigenvalue weighted by Gasteiger charge is 2.40. The van der Waals surface area contributed by atoms with Gasteiger partial charge in [0.2, 0.25) is 5.91 Å². The average molecular weight is 342 g/mol. The minimum absolute atomic E-state index is 0.0568. The monoisotopic (exact) mass is 342 g/mol. The molecule has 7 heteroatoms. The van der Waals surface area contributed by atoms with Crippen molar-refractivity contribution in [1.82, 2.24) is 0 Å². The van der Waals surface area contributed by atoms with Crippen LogP contribution in [0.1, 0.15) is 12.0 Å². The summed E-state index contributed by atoms with van der Waals surface area (Å²) in [5.74, 6) is -2.57. The van der Waals surface area contributed by atoms with Crippen LogP contribution in [0.4, 0.5) is 15.8 Å². The smallest absolute Gasteiger partial charge is 0.307 e. The van der Waals surface area contributed by atoms with E-state index in [0.717, 1.165) is 4.90 Å². The number of carbonyl (C=O) groups excluding carboxylic acids is 2. The summed E-state index contributed by atoms with van der Waals surface area (Å²) in [5.41, 5.74) is 1.15.